The standard InChI is InChI=1S/C16H18N2O3/c1-21-9-8-11-4-2-3-5-14(11)18-15-10-12(17)6-7-13(15)16(19)20/h2-7,10,18H,8-9,17H2,1H3,(H,19,20). The summed E-state index contributed by atoms with van der Waals surface area (Å²) in [6.07, 6.45) is 0.740. The number of carboxylic acids is 1. The second-order valence-corrected chi connectivity index (χ2v) is 4.64. The third-order valence-corrected chi connectivity index (χ3v) is 3.14. The van der Waals surface area contributed by atoms with E-state index >= 15 is 0 Å². The average molecular weight is 286 g/mol. The maximum atomic E-state index is 11.3. The number of aromatic carboxylic acids is 1. The van der Waals surface area contributed by atoms with Gasteiger partial charge in [0.1, 0.15) is 0 Å². The van der Waals surface area contributed by atoms with E-state index in [-0.39, 0.29) is 5.56 Å². The summed E-state index contributed by atoms with van der Waals surface area (Å²) >= 11 is 0. The van der Waals surface area contributed by atoms with Crippen LogP contribution in [-0.2, 0) is 11.2 Å². The molecule has 4 N–H and O–H groups in total. The van der Waals surface area contributed by atoms with E-state index in [1.807, 2.05) is 24.3 Å². The monoisotopic (exact) mass is 286 g/mol. The molecule has 5 heteroatoms. The van der Waals surface area contributed by atoms with Crippen LogP contribution in [0.4, 0.5) is 17.1 Å². The summed E-state index contributed by atoms with van der Waals surface area (Å²) in [7, 11) is 1.65. The van der Waals surface area contributed by atoms with Crippen LogP contribution < -0.4 is 11.1 Å². The summed E-state index contributed by atoms with van der Waals surface area (Å²) in [5, 5.41) is 12.4. The van der Waals surface area contributed by atoms with Crippen molar-refractivity contribution in [2.45, 2.75) is 6.42 Å². The fourth-order valence-electron chi connectivity index (χ4n) is 2.07. The number of nitrogen functional groups attached to an aromatic ring is 1. The maximum absolute atomic E-state index is 11.3. The minimum Gasteiger partial charge on any atom is -0.478 e. The molecular formula is C16H18N2O3. The van der Waals surface area contributed by atoms with E-state index in [4.69, 9.17) is 10.5 Å². The molecule has 0 aromatic heterocycles. The number of rotatable bonds is 6. The van der Waals surface area contributed by atoms with Crippen LogP contribution in [0.5, 0.6) is 0 Å². The average Bonchev–Trinajstić information content (AvgIpc) is 2.46. The van der Waals surface area contributed by atoms with E-state index in [1.165, 1.54) is 6.07 Å². The number of hydrogen-bond acceptors (Lipinski definition) is 4. The lowest BCUT2D eigenvalue weighted by atomic mass is 10.1. The summed E-state index contributed by atoms with van der Waals surface area (Å²) in [6.45, 7) is 0.599. The van der Waals surface area contributed by atoms with Crippen molar-refractivity contribution in [1.29, 1.82) is 0 Å². The summed E-state index contributed by atoms with van der Waals surface area (Å²) in [6, 6.07) is 12.4. The van der Waals surface area contributed by atoms with E-state index in [0.29, 0.717) is 18.0 Å². The molecule has 2 aromatic carbocycles. The van der Waals surface area contributed by atoms with Crippen molar-refractivity contribution in [2.24, 2.45) is 0 Å². The zero-order valence-electron chi connectivity index (χ0n) is 11.8. The Labute approximate surface area is 123 Å². The van der Waals surface area contributed by atoms with Crippen LogP contribution in [-0.4, -0.2) is 24.8 Å². The zero-order valence-corrected chi connectivity index (χ0v) is 11.8. The van der Waals surface area contributed by atoms with Crippen molar-refractivity contribution in [1.82, 2.24) is 0 Å². The molecule has 0 amide bonds. The Balaban J connectivity index is 2.34. The molecule has 0 bridgehead atoms. The van der Waals surface area contributed by atoms with Crippen molar-refractivity contribution >= 4 is 23.0 Å². The molecule has 0 aliphatic carbocycles. The van der Waals surface area contributed by atoms with E-state index in [1.54, 1.807) is 19.2 Å². The SMILES string of the molecule is COCCc1ccccc1Nc1cc(N)ccc1C(=O)O. The van der Waals surface area contributed by atoms with Gasteiger partial charge >= 0.3 is 5.97 Å². The molecule has 2 rings (SSSR count). The fourth-order valence-corrected chi connectivity index (χ4v) is 2.07. The molecule has 0 heterocycles. The van der Waals surface area contributed by atoms with Gasteiger partial charge in [-0.05, 0) is 36.2 Å². The molecule has 21 heavy (non-hydrogen) atoms. The van der Waals surface area contributed by atoms with Crippen LogP contribution >= 0.6 is 0 Å². The lowest BCUT2D eigenvalue weighted by Gasteiger charge is -2.14. The predicted molar refractivity (Wildman–Crippen MR) is 83.1 cm³/mol. The number of ether oxygens (including phenoxy) is 1. The van der Waals surface area contributed by atoms with Gasteiger partial charge in [0.25, 0.3) is 0 Å². The van der Waals surface area contributed by atoms with E-state index < -0.39 is 5.97 Å². The number of hydrogen-bond donors (Lipinski definition) is 3. The van der Waals surface area contributed by atoms with E-state index in [9.17, 15) is 9.90 Å². The number of anilines is 3. The molecule has 0 aliphatic heterocycles. The Kier molecular flexibility index (Phi) is 4.79. The predicted octanol–water partition coefficient (Wildman–Crippen LogP) is 2.90. The minimum absolute atomic E-state index is 0.186. The highest BCUT2D eigenvalue weighted by atomic mass is 16.5. The summed E-state index contributed by atoms with van der Waals surface area (Å²) in [4.78, 5) is 11.3. The second kappa shape index (κ2) is 6.76. The number of methoxy groups -OCH3 is 1. The van der Waals surface area contributed by atoms with Crippen molar-refractivity contribution in [3.63, 3.8) is 0 Å². The molecule has 0 aliphatic rings. The van der Waals surface area contributed by atoms with Gasteiger partial charge in [0.2, 0.25) is 0 Å². The molecule has 110 valence electrons. The summed E-state index contributed by atoms with van der Waals surface area (Å²) in [5.74, 6) is -0.994. The van der Waals surface area contributed by atoms with Gasteiger partial charge < -0.3 is 20.9 Å². The number of nitrogens with one attached hydrogen (secondary N) is 1. The molecule has 0 saturated heterocycles. The smallest absolute Gasteiger partial charge is 0.337 e. The molecular weight excluding hydrogens is 268 g/mol. The van der Waals surface area contributed by atoms with Crippen molar-refractivity contribution in [2.75, 3.05) is 24.8 Å². The van der Waals surface area contributed by atoms with Gasteiger partial charge in [-0.3, -0.25) is 0 Å². The molecule has 0 fully saturated rings. The number of benzene rings is 2. The lowest BCUT2D eigenvalue weighted by molar-refractivity contribution is 0.0698. The van der Waals surface area contributed by atoms with Gasteiger partial charge in [0.05, 0.1) is 17.9 Å². The summed E-state index contributed by atoms with van der Waals surface area (Å²) in [5.41, 5.74) is 8.83. The maximum Gasteiger partial charge on any atom is 0.337 e. The van der Waals surface area contributed by atoms with Gasteiger partial charge in [-0.1, -0.05) is 18.2 Å². The number of nitrogens with two attached hydrogens (primary N) is 1. The highest BCUT2D eigenvalue weighted by Crippen LogP contribution is 2.26. The van der Waals surface area contributed by atoms with Gasteiger partial charge in [0.15, 0.2) is 0 Å². The van der Waals surface area contributed by atoms with E-state index in [2.05, 4.69) is 5.32 Å². The van der Waals surface area contributed by atoms with Crippen molar-refractivity contribution < 1.29 is 14.6 Å². The highest BCUT2D eigenvalue weighted by Gasteiger charge is 2.11. The molecule has 0 atom stereocenters. The number of carbonyl (C=O) groups is 1. The summed E-state index contributed by atoms with van der Waals surface area (Å²) < 4.78 is 5.09. The first-order chi connectivity index (χ1) is 10.1. The first kappa shape index (κ1) is 14.9. The Bertz CT molecular complexity index is 641. The van der Waals surface area contributed by atoms with Gasteiger partial charge in [0, 0.05) is 18.5 Å². The first-order valence-electron chi connectivity index (χ1n) is 6.58. The Morgan fingerprint density at radius 1 is 1.24 bits per heavy atom. The van der Waals surface area contributed by atoms with E-state index in [0.717, 1.165) is 17.7 Å². The van der Waals surface area contributed by atoms with Gasteiger partial charge in [-0.25, -0.2) is 4.79 Å². The third-order valence-electron chi connectivity index (χ3n) is 3.14. The third kappa shape index (κ3) is 3.73. The normalized spacial score (nSPS) is 10.3. The topological polar surface area (TPSA) is 84.6 Å². The second-order valence-electron chi connectivity index (χ2n) is 4.64. The minimum atomic E-state index is -0.994. The van der Waals surface area contributed by atoms with Crippen molar-refractivity contribution in [3.8, 4) is 0 Å². The van der Waals surface area contributed by atoms with Crippen LogP contribution in [0.25, 0.3) is 0 Å². The van der Waals surface area contributed by atoms with Crippen LogP contribution in [0.2, 0.25) is 0 Å². The Morgan fingerprint density at radius 2 is 2.00 bits per heavy atom. The number of para-hydroxylation sites is 1. The molecule has 5 nitrogen and oxygen atoms in total. The van der Waals surface area contributed by atoms with Crippen LogP contribution in [0.15, 0.2) is 42.5 Å². The molecule has 2 aromatic rings. The van der Waals surface area contributed by atoms with Crippen LogP contribution in [0.3, 0.4) is 0 Å². The lowest BCUT2D eigenvalue weighted by Crippen LogP contribution is -2.05. The quantitative estimate of drug-likeness (QED) is 0.711. The van der Waals surface area contributed by atoms with Crippen LogP contribution in [0.1, 0.15) is 15.9 Å². The first-order valence-corrected chi connectivity index (χ1v) is 6.58. The van der Waals surface area contributed by atoms with Gasteiger partial charge in [-0.15, -0.1) is 0 Å². The Morgan fingerprint density at radius 3 is 2.71 bits per heavy atom. The molecule has 0 spiro atoms. The largest absolute Gasteiger partial charge is 0.478 e. The molecule has 0 unspecified atom stereocenters. The van der Waals surface area contributed by atoms with Gasteiger partial charge in [-0.2, -0.15) is 0 Å². The fraction of sp³-hybridized carbons (Fsp3) is 0.188. The Hall–Kier alpha value is -2.53. The van der Waals surface area contributed by atoms with Crippen molar-refractivity contribution in [3.05, 3.63) is 53.6 Å². The molecule has 0 saturated carbocycles. The molecule has 0 radical (unpaired) electrons. The van der Waals surface area contributed by atoms with Crippen LogP contribution in [0, 0.1) is 0 Å². The highest BCUT2D eigenvalue weighted by molar-refractivity contribution is 5.96. The zero-order chi connectivity index (χ0) is 15.2. The number of carboxylic acid groups (broad SMARTS) is 1.